The van der Waals surface area contributed by atoms with Gasteiger partial charge in [0, 0.05) is 19.5 Å². The van der Waals surface area contributed by atoms with Crippen molar-refractivity contribution in [3.63, 3.8) is 0 Å². The molecule has 2 amide bonds. The molecule has 0 fully saturated rings. The van der Waals surface area contributed by atoms with Gasteiger partial charge in [0.1, 0.15) is 0 Å². The van der Waals surface area contributed by atoms with Gasteiger partial charge in [-0.25, -0.2) is 0 Å². The molecule has 130 valence electrons. The molecule has 0 saturated carbocycles. The Morgan fingerprint density at radius 1 is 1.17 bits per heavy atom. The van der Waals surface area contributed by atoms with E-state index in [9.17, 15) is 9.59 Å². The minimum absolute atomic E-state index is 0. The monoisotopic (exact) mass is 341 g/mol. The zero-order chi connectivity index (χ0) is 16.6. The summed E-state index contributed by atoms with van der Waals surface area (Å²) in [6.07, 6.45) is 0.581. The molecule has 0 aliphatic heterocycles. The first kappa shape index (κ1) is 21.4. The number of rotatable bonds is 8. The maximum absolute atomic E-state index is 11.9. The molecule has 1 atom stereocenters. The first-order valence-electron chi connectivity index (χ1n) is 7.69. The lowest BCUT2D eigenvalue weighted by atomic mass is 9.88. The third-order valence-electron chi connectivity index (χ3n) is 4.01. The van der Waals surface area contributed by atoms with E-state index in [0.29, 0.717) is 19.5 Å². The van der Waals surface area contributed by atoms with E-state index in [1.165, 1.54) is 0 Å². The van der Waals surface area contributed by atoms with Gasteiger partial charge in [0.05, 0.1) is 12.0 Å². The van der Waals surface area contributed by atoms with Crippen LogP contribution in [0.5, 0.6) is 0 Å². The maximum atomic E-state index is 11.9. The summed E-state index contributed by atoms with van der Waals surface area (Å²) in [5, 5.41) is 5.71. The number of hydrogen-bond donors (Lipinski definition) is 3. The molecule has 0 saturated heterocycles. The van der Waals surface area contributed by atoms with E-state index in [0.717, 1.165) is 5.56 Å². The molecule has 1 rings (SSSR count). The Morgan fingerprint density at radius 3 is 2.30 bits per heavy atom. The number of nitrogens with one attached hydrogen (secondary N) is 2. The predicted octanol–water partition coefficient (Wildman–Crippen LogP) is 1.65. The topological polar surface area (TPSA) is 84.2 Å². The number of carbonyl (C=O) groups excluding carboxylic acids is 2. The molecule has 23 heavy (non-hydrogen) atoms. The number of benzene rings is 1. The van der Waals surface area contributed by atoms with Gasteiger partial charge in [0.15, 0.2) is 0 Å². The highest BCUT2D eigenvalue weighted by atomic mass is 35.5. The molecule has 4 N–H and O–H groups in total. The van der Waals surface area contributed by atoms with Gasteiger partial charge in [-0.1, -0.05) is 44.2 Å². The van der Waals surface area contributed by atoms with Crippen molar-refractivity contribution in [2.75, 3.05) is 13.1 Å². The average molecular weight is 342 g/mol. The van der Waals surface area contributed by atoms with Crippen molar-refractivity contribution in [2.24, 2.45) is 11.7 Å². The van der Waals surface area contributed by atoms with Crippen molar-refractivity contribution in [2.45, 2.75) is 39.2 Å². The molecule has 5 nitrogen and oxygen atoms in total. The van der Waals surface area contributed by atoms with E-state index < -0.39 is 5.54 Å². The number of amides is 2. The fraction of sp³-hybridized carbons (Fsp3) is 0.529. The fourth-order valence-electron chi connectivity index (χ4n) is 1.97. The molecule has 6 heteroatoms. The van der Waals surface area contributed by atoms with Crippen LogP contribution in [0.2, 0.25) is 0 Å². The average Bonchev–Trinajstić information content (AvgIpc) is 2.47. The summed E-state index contributed by atoms with van der Waals surface area (Å²) in [5.74, 6) is 0.0697. The van der Waals surface area contributed by atoms with Crippen LogP contribution in [0.15, 0.2) is 30.3 Å². The Labute approximate surface area is 144 Å². The molecular formula is C17H28ClN3O2. The van der Waals surface area contributed by atoms with Crippen LogP contribution in [0.25, 0.3) is 0 Å². The van der Waals surface area contributed by atoms with Crippen molar-refractivity contribution in [1.82, 2.24) is 10.6 Å². The van der Waals surface area contributed by atoms with Crippen molar-refractivity contribution in [3.8, 4) is 0 Å². The Morgan fingerprint density at radius 2 is 1.78 bits per heavy atom. The van der Waals surface area contributed by atoms with E-state index >= 15 is 0 Å². The number of halogens is 1. The highest BCUT2D eigenvalue weighted by Gasteiger charge is 2.28. The van der Waals surface area contributed by atoms with Crippen molar-refractivity contribution in [3.05, 3.63) is 35.9 Å². The summed E-state index contributed by atoms with van der Waals surface area (Å²) in [5.41, 5.74) is 6.28. The molecule has 0 aromatic heterocycles. The largest absolute Gasteiger partial charge is 0.355 e. The smallest absolute Gasteiger partial charge is 0.224 e. The molecule has 0 spiro atoms. The Balaban J connectivity index is 0.00000484. The summed E-state index contributed by atoms with van der Waals surface area (Å²) >= 11 is 0. The summed E-state index contributed by atoms with van der Waals surface area (Å²) < 4.78 is 0. The van der Waals surface area contributed by atoms with Crippen LogP contribution >= 0.6 is 12.4 Å². The zero-order valence-corrected chi connectivity index (χ0v) is 14.9. The normalized spacial score (nSPS) is 12.9. The van der Waals surface area contributed by atoms with E-state index in [2.05, 4.69) is 10.6 Å². The van der Waals surface area contributed by atoms with Crippen LogP contribution in [-0.4, -0.2) is 30.4 Å². The van der Waals surface area contributed by atoms with Gasteiger partial charge in [0.25, 0.3) is 0 Å². The molecule has 1 aromatic rings. The predicted molar refractivity (Wildman–Crippen MR) is 95.5 cm³/mol. The highest BCUT2D eigenvalue weighted by molar-refractivity contribution is 5.85. The van der Waals surface area contributed by atoms with Crippen molar-refractivity contribution in [1.29, 1.82) is 0 Å². The molecule has 0 aliphatic carbocycles. The zero-order valence-electron chi connectivity index (χ0n) is 14.1. The second-order valence-corrected chi connectivity index (χ2v) is 6.09. The van der Waals surface area contributed by atoms with Crippen LogP contribution in [0, 0.1) is 5.92 Å². The van der Waals surface area contributed by atoms with Crippen LogP contribution in [0.1, 0.15) is 32.8 Å². The van der Waals surface area contributed by atoms with Crippen LogP contribution in [0.3, 0.4) is 0 Å². The SMILES string of the molecule is CC(C)C(C)(CN)NC(=O)CCNC(=O)Cc1ccccc1.Cl. The van der Waals surface area contributed by atoms with E-state index in [-0.39, 0.29) is 36.6 Å². The lowest BCUT2D eigenvalue weighted by molar-refractivity contribution is -0.123. The van der Waals surface area contributed by atoms with Gasteiger partial charge in [-0.2, -0.15) is 0 Å². The quantitative estimate of drug-likeness (QED) is 0.672. The van der Waals surface area contributed by atoms with Crippen LogP contribution < -0.4 is 16.4 Å². The minimum Gasteiger partial charge on any atom is -0.355 e. The number of hydrogen-bond acceptors (Lipinski definition) is 3. The van der Waals surface area contributed by atoms with Gasteiger partial charge < -0.3 is 16.4 Å². The third-order valence-corrected chi connectivity index (χ3v) is 4.01. The minimum atomic E-state index is -0.412. The first-order valence-corrected chi connectivity index (χ1v) is 7.69. The van der Waals surface area contributed by atoms with Crippen LogP contribution in [0.4, 0.5) is 0 Å². The third kappa shape index (κ3) is 7.48. The van der Waals surface area contributed by atoms with Gasteiger partial charge in [-0.15, -0.1) is 12.4 Å². The Bertz CT molecular complexity index is 494. The van der Waals surface area contributed by atoms with Gasteiger partial charge in [0.2, 0.25) is 11.8 Å². The highest BCUT2D eigenvalue weighted by Crippen LogP contribution is 2.14. The van der Waals surface area contributed by atoms with Gasteiger partial charge >= 0.3 is 0 Å². The Hall–Kier alpha value is -1.59. The van der Waals surface area contributed by atoms with Gasteiger partial charge in [-0.3, -0.25) is 9.59 Å². The second kappa shape index (κ2) is 10.2. The molecule has 1 aromatic carbocycles. The first-order chi connectivity index (χ1) is 10.4. The summed E-state index contributed by atoms with van der Waals surface area (Å²) in [7, 11) is 0. The standard InChI is InChI=1S/C17H27N3O2.ClH/c1-13(2)17(3,12-18)20-15(21)9-10-19-16(22)11-14-7-5-4-6-8-14;/h4-8,13H,9-12,18H2,1-3H3,(H,19,22)(H,20,21);1H. The second-order valence-electron chi connectivity index (χ2n) is 6.09. The van der Waals surface area contributed by atoms with Gasteiger partial charge in [-0.05, 0) is 18.4 Å². The maximum Gasteiger partial charge on any atom is 0.224 e. The lowest BCUT2D eigenvalue weighted by Gasteiger charge is -2.33. The van der Waals surface area contributed by atoms with Crippen LogP contribution in [-0.2, 0) is 16.0 Å². The molecule has 0 aliphatic rings. The molecule has 1 unspecified atom stereocenters. The summed E-state index contributed by atoms with van der Waals surface area (Å²) in [4.78, 5) is 23.7. The van der Waals surface area contributed by atoms with Crippen molar-refractivity contribution < 1.29 is 9.59 Å². The number of carbonyl (C=O) groups is 2. The van der Waals surface area contributed by atoms with E-state index in [4.69, 9.17) is 5.73 Å². The molecular weight excluding hydrogens is 314 g/mol. The molecule has 0 bridgehead atoms. The molecule has 0 radical (unpaired) electrons. The van der Waals surface area contributed by atoms with Crippen molar-refractivity contribution >= 4 is 24.2 Å². The van der Waals surface area contributed by atoms with E-state index in [1.807, 2.05) is 51.1 Å². The molecule has 0 heterocycles. The number of nitrogens with two attached hydrogens (primary N) is 1. The fourth-order valence-corrected chi connectivity index (χ4v) is 1.97. The summed E-state index contributed by atoms with van der Waals surface area (Å²) in [6, 6.07) is 9.52. The summed E-state index contributed by atoms with van der Waals surface area (Å²) in [6.45, 7) is 6.69. The lowest BCUT2D eigenvalue weighted by Crippen LogP contribution is -2.55. The Kier molecular flexibility index (Phi) is 9.53. The van der Waals surface area contributed by atoms with E-state index in [1.54, 1.807) is 0 Å².